The van der Waals surface area contributed by atoms with Gasteiger partial charge in [-0.05, 0) is 30.5 Å². The lowest BCUT2D eigenvalue weighted by atomic mass is 10.1. The van der Waals surface area contributed by atoms with Crippen LogP contribution in [0.1, 0.15) is 29.6 Å². The molecular formula is C13H18N2O2. The molecule has 4 heteroatoms. The molecule has 1 amide bonds. The van der Waals surface area contributed by atoms with Crippen LogP contribution in [-0.4, -0.2) is 19.6 Å². The van der Waals surface area contributed by atoms with E-state index in [9.17, 15) is 4.79 Å². The fraction of sp³-hybridized carbons (Fsp3) is 0.462. The van der Waals surface area contributed by atoms with E-state index in [1.807, 2.05) is 0 Å². The summed E-state index contributed by atoms with van der Waals surface area (Å²) in [4.78, 5) is 11.8. The lowest BCUT2D eigenvalue weighted by molar-refractivity contribution is 0.0952. The Morgan fingerprint density at radius 2 is 2.29 bits per heavy atom. The first-order valence-corrected chi connectivity index (χ1v) is 5.92. The standard InChI is InChI=1S/C13H18N2O2/c1-17-12-5-4-10(8-11(12)14)13(16)15-7-6-9-2-3-9/h4-5,8-9H,2-3,6-7,14H2,1H3,(H,15,16). The molecular weight excluding hydrogens is 216 g/mol. The fourth-order valence-electron chi connectivity index (χ4n) is 1.77. The predicted octanol–water partition coefficient (Wildman–Crippen LogP) is 1.81. The first-order chi connectivity index (χ1) is 8.20. The lowest BCUT2D eigenvalue weighted by Gasteiger charge is -2.08. The molecule has 1 aliphatic carbocycles. The van der Waals surface area contributed by atoms with Gasteiger partial charge in [0.1, 0.15) is 5.75 Å². The number of hydrogen-bond donors (Lipinski definition) is 2. The minimum Gasteiger partial charge on any atom is -0.495 e. The van der Waals surface area contributed by atoms with E-state index in [2.05, 4.69) is 5.32 Å². The molecule has 4 nitrogen and oxygen atoms in total. The molecule has 0 bridgehead atoms. The van der Waals surface area contributed by atoms with Crippen LogP contribution in [-0.2, 0) is 0 Å². The molecule has 0 spiro atoms. The van der Waals surface area contributed by atoms with E-state index >= 15 is 0 Å². The van der Waals surface area contributed by atoms with Crippen molar-refractivity contribution in [3.05, 3.63) is 23.8 Å². The largest absolute Gasteiger partial charge is 0.495 e. The van der Waals surface area contributed by atoms with Gasteiger partial charge < -0.3 is 15.8 Å². The SMILES string of the molecule is COc1ccc(C(=O)NCCC2CC2)cc1N. The number of methoxy groups -OCH3 is 1. The second-order valence-corrected chi connectivity index (χ2v) is 4.44. The zero-order valence-electron chi connectivity index (χ0n) is 10.0. The number of nitrogen functional groups attached to an aromatic ring is 1. The van der Waals surface area contributed by atoms with Crippen LogP contribution in [0.2, 0.25) is 0 Å². The Bertz CT molecular complexity index is 414. The molecule has 0 unspecified atom stereocenters. The van der Waals surface area contributed by atoms with Gasteiger partial charge in [0.25, 0.3) is 5.91 Å². The highest BCUT2D eigenvalue weighted by atomic mass is 16.5. The van der Waals surface area contributed by atoms with Crippen LogP contribution in [0.4, 0.5) is 5.69 Å². The molecule has 92 valence electrons. The van der Waals surface area contributed by atoms with E-state index in [1.165, 1.54) is 12.8 Å². The topological polar surface area (TPSA) is 64.3 Å². The highest BCUT2D eigenvalue weighted by Gasteiger charge is 2.20. The van der Waals surface area contributed by atoms with E-state index in [1.54, 1.807) is 25.3 Å². The Kier molecular flexibility index (Phi) is 3.52. The molecule has 1 aliphatic rings. The van der Waals surface area contributed by atoms with Crippen molar-refractivity contribution in [2.75, 3.05) is 19.4 Å². The molecule has 0 heterocycles. The van der Waals surface area contributed by atoms with Crippen LogP contribution >= 0.6 is 0 Å². The molecule has 3 N–H and O–H groups in total. The average molecular weight is 234 g/mol. The normalized spacial score (nSPS) is 14.4. The number of hydrogen-bond acceptors (Lipinski definition) is 3. The summed E-state index contributed by atoms with van der Waals surface area (Å²) in [5, 5.41) is 2.90. The van der Waals surface area contributed by atoms with Crippen molar-refractivity contribution in [3.63, 3.8) is 0 Å². The van der Waals surface area contributed by atoms with Crippen molar-refractivity contribution in [1.82, 2.24) is 5.32 Å². The molecule has 1 fully saturated rings. The maximum atomic E-state index is 11.8. The Labute approximate surface area is 101 Å². The van der Waals surface area contributed by atoms with E-state index in [4.69, 9.17) is 10.5 Å². The summed E-state index contributed by atoms with van der Waals surface area (Å²) in [6.07, 6.45) is 3.70. The number of nitrogens with two attached hydrogens (primary N) is 1. The molecule has 1 aromatic carbocycles. The van der Waals surface area contributed by atoms with Gasteiger partial charge in [-0.2, -0.15) is 0 Å². The maximum absolute atomic E-state index is 11.8. The van der Waals surface area contributed by atoms with E-state index in [0.29, 0.717) is 17.0 Å². The van der Waals surface area contributed by atoms with Crippen molar-refractivity contribution < 1.29 is 9.53 Å². The van der Waals surface area contributed by atoms with Crippen LogP contribution in [0.3, 0.4) is 0 Å². The minimum atomic E-state index is -0.0694. The second-order valence-electron chi connectivity index (χ2n) is 4.44. The summed E-state index contributed by atoms with van der Waals surface area (Å²) in [6.45, 7) is 0.745. The Morgan fingerprint density at radius 3 is 2.88 bits per heavy atom. The number of amides is 1. The first kappa shape index (κ1) is 11.8. The van der Waals surface area contributed by atoms with Gasteiger partial charge in [0.2, 0.25) is 0 Å². The highest BCUT2D eigenvalue weighted by molar-refractivity contribution is 5.95. The number of nitrogens with one attached hydrogen (secondary N) is 1. The molecule has 2 rings (SSSR count). The Balaban J connectivity index is 1.90. The van der Waals surface area contributed by atoms with Crippen molar-refractivity contribution in [1.29, 1.82) is 0 Å². The number of benzene rings is 1. The van der Waals surface area contributed by atoms with Crippen molar-refractivity contribution >= 4 is 11.6 Å². The van der Waals surface area contributed by atoms with Gasteiger partial charge in [0.15, 0.2) is 0 Å². The van der Waals surface area contributed by atoms with Crippen LogP contribution in [0, 0.1) is 5.92 Å². The van der Waals surface area contributed by atoms with Crippen LogP contribution in [0.15, 0.2) is 18.2 Å². The maximum Gasteiger partial charge on any atom is 0.251 e. The number of carbonyl (C=O) groups is 1. The molecule has 0 aromatic heterocycles. The van der Waals surface area contributed by atoms with Crippen LogP contribution in [0.25, 0.3) is 0 Å². The first-order valence-electron chi connectivity index (χ1n) is 5.92. The third-order valence-electron chi connectivity index (χ3n) is 3.03. The zero-order valence-corrected chi connectivity index (χ0v) is 10.0. The smallest absolute Gasteiger partial charge is 0.251 e. The number of carbonyl (C=O) groups excluding carboxylic acids is 1. The van der Waals surface area contributed by atoms with Gasteiger partial charge in [-0.25, -0.2) is 0 Å². The van der Waals surface area contributed by atoms with Gasteiger partial charge in [-0.15, -0.1) is 0 Å². The van der Waals surface area contributed by atoms with Gasteiger partial charge >= 0.3 is 0 Å². The van der Waals surface area contributed by atoms with Gasteiger partial charge in [-0.1, -0.05) is 12.8 Å². The minimum absolute atomic E-state index is 0.0694. The van der Waals surface area contributed by atoms with Crippen molar-refractivity contribution in [2.45, 2.75) is 19.3 Å². The molecule has 0 saturated heterocycles. The van der Waals surface area contributed by atoms with Crippen molar-refractivity contribution in [2.24, 2.45) is 5.92 Å². The molecule has 17 heavy (non-hydrogen) atoms. The quantitative estimate of drug-likeness (QED) is 0.764. The summed E-state index contributed by atoms with van der Waals surface area (Å²) in [5.41, 5.74) is 6.82. The highest BCUT2D eigenvalue weighted by Crippen LogP contribution is 2.31. The number of anilines is 1. The van der Waals surface area contributed by atoms with E-state index in [0.717, 1.165) is 18.9 Å². The van der Waals surface area contributed by atoms with Crippen molar-refractivity contribution in [3.8, 4) is 5.75 Å². The molecule has 1 aromatic rings. The Morgan fingerprint density at radius 1 is 1.53 bits per heavy atom. The third kappa shape index (κ3) is 3.12. The van der Waals surface area contributed by atoms with E-state index < -0.39 is 0 Å². The summed E-state index contributed by atoms with van der Waals surface area (Å²) in [7, 11) is 1.56. The summed E-state index contributed by atoms with van der Waals surface area (Å²) in [6, 6.07) is 5.08. The van der Waals surface area contributed by atoms with Gasteiger partial charge in [0, 0.05) is 12.1 Å². The lowest BCUT2D eigenvalue weighted by Crippen LogP contribution is -2.24. The number of rotatable bonds is 5. The fourth-order valence-corrected chi connectivity index (χ4v) is 1.77. The molecule has 0 radical (unpaired) electrons. The second kappa shape index (κ2) is 5.08. The molecule has 0 aliphatic heterocycles. The molecule has 0 atom stereocenters. The Hall–Kier alpha value is -1.71. The monoisotopic (exact) mass is 234 g/mol. The summed E-state index contributed by atoms with van der Waals surface area (Å²) in [5.74, 6) is 1.36. The summed E-state index contributed by atoms with van der Waals surface area (Å²) >= 11 is 0. The summed E-state index contributed by atoms with van der Waals surface area (Å²) < 4.78 is 5.04. The third-order valence-corrected chi connectivity index (χ3v) is 3.03. The van der Waals surface area contributed by atoms with Gasteiger partial charge in [0.05, 0.1) is 12.8 Å². The predicted molar refractivity (Wildman–Crippen MR) is 67.1 cm³/mol. The average Bonchev–Trinajstić information content (AvgIpc) is 3.13. The number of ether oxygens (including phenoxy) is 1. The zero-order chi connectivity index (χ0) is 12.3. The molecule has 1 saturated carbocycles. The van der Waals surface area contributed by atoms with E-state index in [-0.39, 0.29) is 5.91 Å². The van der Waals surface area contributed by atoms with Gasteiger partial charge in [-0.3, -0.25) is 4.79 Å². The van der Waals surface area contributed by atoms with Crippen LogP contribution in [0.5, 0.6) is 5.75 Å². The van der Waals surface area contributed by atoms with Crippen LogP contribution < -0.4 is 15.8 Å².